The van der Waals surface area contributed by atoms with Gasteiger partial charge in [0.15, 0.2) is 0 Å². The fraction of sp³-hybridized carbons (Fsp3) is 0.148. The molecule has 2 nitrogen and oxygen atoms in total. The summed E-state index contributed by atoms with van der Waals surface area (Å²) < 4.78 is 15.4. The average molecular weight is 659 g/mol. The van der Waals surface area contributed by atoms with Crippen LogP contribution in [0.4, 0.5) is 0 Å². The predicted octanol–water partition coefficient (Wildman–Crippen LogP) is 2.46. The van der Waals surface area contributed by atoms with Crippen molar-refractivity contribution in [2.45, 2.75) is 26.2 Å². The average Bonchev–Trinajstić information content (AvgIpc) is 2.82. The summed E-state index contributed by atoms with van der Waals surface area (Å²) in [5, 5.41) is 8.34. The zero-order chi connectivity index (χ0) is 22.3. The van der Waals surface area contributed by atoms with Crippen LogP contribution in [0.5, 0.6) is 0 Å². The van der Waals surface area contributed by atoms with E-state index in [1.807, 2.05) is 18.3 Å². The van der Waals surface area contributed by atoms with Gasteiger partial charge in [-0.1, -0.05) is 92.2 Å². The Balaban J connectivity index is 0.00000228. The largest absolute Gasteiger partial charge is 0.319 e. The first-order valence-corrected chi connectivity index (χ1v) is 18.8. The molecule has 2 aliphatic heterocycles. The maximum atomic E-state index is 15.4. The molecule has 33 heavy (non-hydrogen) atoms. The second-order valence-corrected chi connectivity index (χ2v) is 21.2. The molecule has 1 aromatic heterocycles. The fourth-order valence-electron chi connectivity index (χ4n) is 5.70. The molecule has 1 atom stereocenters. The second kappa shape index (κ2) is 7.56. The van der Waals surface area contributed by atoms with Gasteiger partial charge in [0, 0.05) is 36.9 Å². The molecule has 167 valence electrons. The molecule has 1 radical (unpaired) electrons. The number of pyridine rings is 1. The third-order valence-electron chi connectivity index (χ3n) is 7.43. The third-order valence-corrected chi connectivity index (χ3v) is 18.4. The van der Waals surface area contributed by atoms with E-state index in [1.165, 1.54) is 20.7 Å². The SMILES string of the molecule is C[Si]1(C)c2[c-]c(-c3ccccn3)cc3c2P(=O)(c2ccccc21)c1ccccc1[Si]3(C)C.[Ir]. The second-order valence-electron chi connectivity index (χ2n) is 9.93. The molecule has 0 fully saturated rings. The van der Waals surface area contributed by atoms with Crippen LogP contribution in [-0.2, 0) is 24.7 Å². The van der Waals surface area contributed by atoms with E-state index in [9.17, 15) is 0 Å². The van der Waals surface area contributed by atoms with Crippen LogP contribution >= 0.6 is 7.14 Å². The normalized spacial score (nSPS) is 20.6. The molecule has 0 saturated heterocycles. The quantitative estimate of drug-likeness (QED) is 0.179. The third kappa shape index (κ3) is 2.93. The van der Waals surface area contributed by atoms with Gasteiger partial charge in [0.1, 0.15) is 7.14 Å². The van der Waals surface area contributed by atoms with E-state index >= 15 is 4.57 Å². The van der Waals surface area contributed by atoms with Crippen molar-refractivity contribution < 1.29 is 24.7 Å². The van der Waals surface area contributed by atoms with Gasteiger partial charge in [-0.2, -0.15) is 0 Å². The number of nitrogens with zero attached hydrogens (tertiary/aromatic N) is 1. The molecule has 3 aromatic carbocycles. The molecule has 2 aliphatic rings. The molecule has 3 heterocycles. The first-order valence-electron chi connectivity index (χ1n) is 11.1. The molecular formula is C27H25IrNOPSi2-. The first kappa shape index (κ1) is 22.9. The van der Waals surface area contributed by atoms with Gasteiger partial charge in [0.25, 0.3) is 0 Å². The Labute approximate surface area is 211 Å². The molecule has 0 amide bonds. The summed E-state index contributed by atoms with van der Waals surface area (Å²) in [5.41, 5.74) is 1.97. The maximum Gasteiger partial charge on any atom is 0.134 e. The van der Waals surface area contributed by atoms with Gasteiger partial charge in [-0.05, 0) is 22.1 Å². The van der Waals surface area contributed by atoms with E-state index in [2.05, 4.69) is 97.9 Å². The standard InChI is InChI=1S/C27H25NOPSi2.Ir/c1-31(2)23-14-7-5-12-21(23)30(29)22-13-6-8-15-24(22)32(3,4)26-18-19(17-25(31)27(26)30)20-11-9-10-16-28-20;/h5-17H,1-4H3;/q-1;. The zero-order valence-corrected chi connectivity index (χ0v) is 24.4. The van der Waals surface area contributed by atoms with Crippen molar-refractivity contribution in [2.75, 3.05) is 0 Å². The number of hydrogen-bond acceptors (Lipinski definition) is 2. The smallest absolute Gasteiger partial charge is 0.134 e. The number of hydrogen-bond donors (Lipinski definition) is 0. The summed E-state index contributed by atoms with van der Waals surface area (Å²) in [6.45, 7) is 9.59. The molecule has 0 saturated carbocycles. The molecule has 4 aromatic rings. The summed E-state index contributed by atoms with van der Waals surface area (Å²) in [5.74, 6) is 0. The molecule has 0 bridgehead atoms. The Bertz CT molecular complexity index is 1380. The topological polar surface area (TPSA) is 30.0 Å². The van der Waals surface area contributed by atoms with Gasteiger partial charge in [0.05, 0.1) is 16.1 Å². The maximum absolute atomic E-state index is 15.4. The number of fused-ring (bicyclic) bond motifs is 4. The summed E-state index contributed by atoms with van der Waals surface area (Å²) in [7, 11) is -7.16. The van der Waals surface area contributed by atoms with Crippen molar-refractivity contribution >= 4 is 60.0 Å². The fourth-order valence-corrected chi connectivity index (χ4v) is 19.4. The van der Waals surface area contributed by atoms with E-state index in [1.54, 1.807) is 0 Å². The zero-order valence-electron chi connectivity index (χ0n) is 19.1. The monoisotopic (exact) mass is 659 g/mol. The molecule has 1 unspecified atom stereocenters. The Morgan fingerprint density at radius 3 is 1.94 bits per heavy atom. The molecule has 6 rings (SSSR count). The van der Waals surface area contributed by atoms with Crippen LogP contribution in [0.25, 0.3) is 11.3 Å². The van der Waals surface area contributed by atoms with Gasteiger partial charge in [-0.3, -0.25) is 0 Å². The summed E-state index contributed by atoms with van der Waals surface area (Å²) in [6.07, 6.45) is 1.84. The van der Waals surface area contributed by atoms with Crippen molar-refractivity contribution in [3.05, 3.63) is 85.1 Å². The van der Waals surface area contributed by atoms with Crippen molar-refractivity contribution in [2.24, 2.45) is 0 Å². The van der Waals surface area contributed by atoms with Crippen molar-refractivity contribution in [1.29, 1.82) is 0 Å². The van der Waals surface area contributed by atoms with Gasteiger partial charge < -0.3 is 9.55 Å². The number of rotatable bonds is 1. The Kier molecular flexibility index (Phi) is 5.25. The Morgan fingerprint density at radius 2 is 1.33 bits per heavy atom. The van der Waals surface area contributed by atoms with Crippen molar-refractivity contribution in [1.82, 2.24) is 4.98 Å². The van der Waals surface area contributed by atoms with Gasteiger partial charge in [-0.25, -0.2) is 0 Å². The number of benzene rings is 3. The van der Waals surface area contributed by atoms with E-state index < -0.39 is 23.3 Å². The van der Waals surface area contributed by atoms with Crippen LogP contribution in [0.2, 0.25) is 26.2 Å². The van der Waals surface area contributed by atoms with Crippen LogP contribution in [0, 0.1) is 6.07 Å². The van der Waals surface area contributed by atoms with E-state index in [4.69, 9.17) is 0 Å². The Hall–Kier alpha value is -1.88. The van der Waals surface area contributed by atoms with Crippen LogP contribution in [0.3, 0.4) is 0 Å². The first-order chi connectivity index (χ1) is 15.3. The molecule has 0 spiro atoms. The minimum Gasteiger partial charge on any atom is -0.319 e. The van der Waals surface area contributed by atoms with Crippen molar-refractivity contribution in [3.8, 4) is 11.3 Å². The molecule has 0 aliphatic carbocycles. The summed E-state index contributed by atoms with van der Waals surface area (Å²) in [4.78, 5) is 4.64. The van der Waals surface area contributed by atoms with E-state index in [0.29, 0.717) is 0 Å². The van der Waals surface area contributed by atoms with Gasteiger partial charge in [0.2, 0.25) is 0 Å². The van der Waals surface area contributed by atoms with Crippen LogP contribution in [-0.4, -0.2) is 21.1 Å². The molecule has 0 N–H and O–H groups in total. The van der Waals surface area contributed by atoms with Gasteiger partial charge in [-0.15, -0.1) is 28.1 Å². The molecular weight excluding hydrogens is 634 g/mol. The van der Waals surface area contributed by atoms with Crippen molar-refractivity contribution in [3.63, 3.8) is 0 Å². The van der Waals surface area contributed by atoms with Crippen LogP contribution in [0.15, 0.2) is 79.0 Å². The van der Waals surface area contributed by atoms with Crippen LogP contribution < -0.4 is 36.7 Å². The molecule has 6 heteroatoms. The minimum atomic E-state index is -2.97. The number of aromatic nitrogens is 1. The van der Waals surface area contributed by atoms with Gasteiger partial charge >= 0.3 is 0 Å². The van der Waals surface area contributed by atoms with E-state index in [0.717, 1.165) is 27.2 Å². The predicted molar refractivity (Wildman–Crippen MR) is 141 cm³/mol. The Morgan fingerprint density at radius 1 is 0.758 bits per heavy atom. The minimum absolute atomic E-state index is 0. The summed E-state index contributed by atoms with van der Waals surface area (Å²) in [6, 6.07) is 29.1. The van der Waals surface area contributed by atoms with E-state index in [-0.39, 0.29) is 20.1 Å². The summed E-state index contributed by atoms with van der Waals surface area (Å²) >= 11 is 0. The van der Waals surface area contributed by atoms with Crippen LogP contribution in [0.1, 0.15) is 0 Å².